The number of hydrogen-bond donors (Lipinski definition) is 1. The highest BCUT2D eigenvalue weighted by Crippen LogP contribution is 2.12. The molecule has 0 aromatic heterocycles. The molecule has 3 nitrogen and oxygen atoms in total. The first-order valence-electron chi connectivity index (χ1n) is 6.34. The zero-order valence-corrected chi connectivity index (χ0v) is 11.2. The van der Waals surface area contributed by atoms with E-state index in [0.29, 0.717) is 12.3 Å². The molecule has 1 heterocycles. The predicted molar refractivity (Wildman–Crippen MR) is 74.6 cm³/mol. The van der Waals surface area contributed by atoms with E-state index in [1.54, 1.807) is 11.8 Å². The maximum Gasteiger partial charge on any atom is 0.230 e. The van der Waals surface area contributed by atoms with Crippen molar-refractivity contribution in [1.29, 1.82) is 0 Å². The second-order valence-electron chi connectivity index (χ2n) is 4.42. The molecule has 98 valence electrons. The van der Waals surface area contributed by atoms with Crippen molar-refractivity contribution in [3.63, 3.8) is 0 Å². The fourth-order valence-corrected chi connectivity index (χ4v) is 2.74. The average Bonchev–Trinajstić information content (AvgIpc) is 2.91. The Morgan fingerprint density at radius 1 is 1.39 bits per heavy atom. The monoisotopic (exact) mass is 265 g/mol. The Morgan fingerprint density at radius 3 is 2.94 bits per heavy atom. The van der Waals surface area contributed by atoms with Crippen molar-refractivity contribution in [3.05, 3.63) is 35.9 Å². The summed E-state index contributed by atoms with van der Waals surface area (Å²) in [5.74, 6) is 1.50. The number of hydrogen-bond acceptors (Lipinski definition) is 3. The SMILES string of the molecule is O=C(CSCc1ccccc1)NC[C@H]1CCCO1. The van der Waals surface area contributed by atoms with Gasteiger partial charge in [-0.25, -0.2) is 0 Å². The maximum absolute atomic E-state index is 11.6. The van der Waals surface area contributed by atoms with Crippen LogP contribution in [0.25, 0.3) is 0 Å². The second kappa shape index (κ2) is 7.44. The van der Waals surface area contributed by atoms with Crippen LogP contribution in [-0.4, -0.2) is 30.9 Å². The Labute approximate surface area is 112 Å². The summed E-state index contributed by atoms with van der Waals surface area (Å²) in [7, 11) is 0. The highest BCUT2D eigenvalue weighted by Gasteiger charge is 2.15. The van der Waals surface area contributed by atoms with Crippen LogP contribution in [0.1, 0.15) is 18.4 Å². The van der Waals surface area contributed by atoms with E-state index in [9.17, 15) is 4.79 Å². The first-order valence-corrected chi connectivity index (χ1v) is 7.50. The molecule has 1 amide bonds. The van der Waals surface area contributed by atoms with Crippen LogP contribution >= 0.6 is 11.8 Å². The third-order valence-corrected chi connectivity index (χ3v) is 3.90. The highest BCUT2D eigenvalue weighted by atomic mass is 32.2. The lowest BCUT2D eigenvalue weighted by molar-refractivity contribution is -0.119. The van der Waals surface area contributed by atoms with Gasteiger partial charge in [-0.2, -0.15) is 0 Å². The van der Waals surface area contributed by atoms with Crippen molar-refractivity contribution in [2.45, 2.75) is 24.7 Å². The van der Waals surface area contributed by atoms with Gasteiger partial charge in [-0.3, -0.25) is 4.79 Å². The number of nitrogens with one attached hydrogen (secondary N) is 1. The summed E-state index contributed by atoms with van der Waals surface area (Å²) >= 11 is 1.64. The van der Waals surface area contributed by atoms with E-state index < -0.39 is 0 Å². The Kier molecular flexibility index (Phi) is 5.55. The summed E-state index contributed by atoms with van der Waals surface area (Å²) in [6, 6.07) is 10.2. The molecule has 0 unspecified atom stereocenters. The minimum Gasteiger partial charge on any atom is -0.376 e. The topological polar surface area (TPSA) is 38.3 Å². The van der Waals surface area contributed by atoms with Crippen LogP contribution in [0, 0.1) is 0 Å². The number of carbonyl (C=O) groups is 1. The van der Waals surface area contributed by atoms with Gasteiger partial charge in [0.1, 0.15) is 0 Å². The van der Waals surface area contributed by atoms with Gasteiger partial charge in [-0.1, -0.05) is 30.3 Å². The van der Waals surface area contributed by atoms with Crippen molar-refractivity contribution < 1.29 is 9.53 Å². The Morgan fingerprint density at radius 2 is 2.22 bits per heavy atom. The van der Waals surface area contributed by atoms with Gasteiger partial charge in [0.05, 0.1) is 11.9 Å². The number of rotatable bonds is 6. The highest BCUT2D eigenvalue weighted by molar-refractivity contribution is 7.99. The van der Waals surface area contributed by atoms with Crippen LogP contribution in [0.4, 0.5) is 0 Å². The van der Waals surface area contributed by atoms with Crippen molar-refractivity contribution >= 4 is 17.7 Å². The van der Waals surface area contributed by atoms with E-state index in [0.717, 1.165) is 25.2 Å². The molecule has 1 atom stereocenters. The van der Waals surface area contributed by atoms with E-state index in [1.807, 2.05) is 18.2 Å². The van der Waals surface area contributed by atoms with Crippen LogP contribution in [0.2, 0.25) is 0 Å². The molecule has 1 aliphatic rings. The minimum atomic E-state index is 0.103. The maximum atomic E-state index is 11.6. The molecule has 1 aliphatic heterocycles. The third-order valence-electron chi connectivity index (χ3n) is 2.90. The van der Waals surface area contributed by atoms with Gasteiger partial charge in [0.2, 0.25) is 5.91 Å². The van der Waals surface area contributed by atoms with Crippen LogP contribution < -0.4 is 5.32 Å². The number of amides is 1. The molecule has 1 aromatic carbocycles. The zero-order valence-electron chi connectivity index (χ0n) is 10.4. The standard InChI is InChI=1S/C14H19NO2S/c16-14(15-9-13-7-4-8-17-13)11-18-10-12-5-2-1-3-6-12/h1-3,5-6,13H,4,7-11H2,(H,15,16)/t13-/m1/s1. The molecule has 18 heavy (non-hydrogen) atoms. The van der Waals surface area contributed by atoms with Gasteiger partial charge >= 0.3 is 0 Å². The second-order valence-corrected chi connectivity index (χ2v) is 5.40. The smallest absolute Gasteiger partial charge is 0.230 e. The molecule has 0 aliphatic carbocycles. The molecule has 0 radical (unpaired) electrons. The molecule has 1 N–H and O–H groups in total. The van der Waals surface area contributed by atoms with Gasteiger partial charge in [0, 0.05) is 18.9 Å². The number of carbonyl (C=O) groups excluding carboxylic acids is 1. The minimum absolute atomic E-state index is 0.103. The van der Waals surface area contributed by atoms with Crippen LogP contribution in [-0.2, 0) is 15.3 Å². The third kappa shape index (κ3) is 4.70. The van der Waals surface area contributed by atoms with Gasteiger partial charge in [-0.05, 0) is 18.4 Å². The first-order chi connectivity index (χ1) is 8.84. The summed E-state index contributed by atoms with van der Waals surface area (Å²) in [6.07, 6.45) is 2.41. The van der Waals surface area contributed by atoms with Crippen LogP contribution in [0.3, 0.4) is 0 Å². The fraction of sp³-hybridized carbons (Fsp3) is 0.500. The summed E-state index contributed by atoms with van der Waals surface area (Å²) in [4.78, 5) is 11.6. The van der Waals surface area contributed by atoms with E-state index >= 15 is 0 Å². The Bertz CT molecular complexity index is 363. The first kappa shape index (κ1) is 13.4. The van der Waals surface area contributed by atoms with E-state index in [-0.39, 0.29) is 12.0 Å². The summed E-state index contributed by atoms with van der Waals surface area (Å²) in [6.45, 7) is 1.49. The van der Waals surface area contributed by atoms with Crippen LogP contribution in [0.15, 0.2) is 30.3 Å². The number of ether oxygens (including phenoxy) is 1. The lowest BCUT2D eigenvalue weighted by Crippen LogP contribution is -2.32. The Balaban J connectivity index is 1.57. The predicted octanol–water partition coefficient (Wildman–Crippen LogP) is 2.21. The lowest BCUT2D eigenvalue weighted by atomic mass is 10.2. The largest absolute Gasteiger partial charge is 0.376 e. The van der Waals surface area contributed by atoms with E-state index in [1.165, 1.54) is 5.56 Å². The van der Waals surface area contributed by atoms with Crippen molar-refractivity contribution in [2.75, 3.05) is 18.9 Å². The lowest BCUT2D eigenvalue weighted by Gasteiger charge is -2.10. The molecule has 1 saturated heterocycles. The normalized spacial score (nSPS) is 18.8. The number of benzene rings is 1. The van der Waals surface area contributed by atoms with Gasteiger partial charge in [0.15, 0.2) is 0 Å². The van der Waals surface area contributed by atoms with Crippen molar-refractivity contribution in [2.24, 2.45) is 0 Å². The average molecular weight is 265 g/mol. The van der Waals surface area contributed by atoms with E-state index in [2.05, 4.69) is 17.4 Å². The zero-order chi connectivity index (χ0) is 12.6. The molecule has 4 heteroatoms. The molecule has 0 saturated carbocycles. The molecule has 1 fully saturated rings. The molecule has 0 bridgehead atoms. The molecule has 1 aromatic rings. The number of thioether (sulfide) groups is 1. The fourth-order valence-electron chi connectivity index (χ4n) is 1.92. The van der Waals surface area contributed by atoms with Gasteiger partial charge < -0.3 is 10.1 Å². The summed E-state index contributed by atoms with van der Waals surface area (Å²) in [5, 5.41) is 2.93. The van der Waals surface area contributed by atoms with Crippen LogP contribution in [0.5, 0.6) is 0 Å². The summed E-state index contributed by atoms with van der Waals surface area (Å²) < 4.78 is 5.46. The van der Waals surface area contributed by atoms with Crippen molar-refractivity contribution in [3.8, 4) is 0 Å². The Hall–Kier alpha value is -1.00. The molecular formula is C14H19NO2S. The summed E-state index contributed by atoms with van der Waals surface area (Å²) in [5.41, 5.74) is 1.26. The molecular weight excluding hydrogens is 246 g/mol. The molecule has 2 rings (SSSR count). The quantitative estimate of drug-likeness (QED) is 0.857. The molecule has 0 spiro atoms. The van der Waals surface area contributed by atoms with Crippen molar-refractivity contribution in [1.82, 2.24) is 5.32 Å². The van der Waals surface area contributed by atoms with Gasteiger partial charge in [0.25, 0.3) is 0 Å². The van der Waals surface area contributed by atoms with Gasteiger partial charge in [-0.15, -0.1) is 11.8 Å². The van der Waals surface area contributed by atoms with E-state index in [4.69, 9.17) is 4.74 Å².